The summed E-state index contributed by atoms with van der Waals surface area (Å²) in [7, 11) is 0. The highest BCUT2D eigenvalue weighted by Crippen LogP contribution is 2.41. The maximum Gasteiger partial charge on any atom is 0.254 e. The molecule has 42 heavy (non-hydrogen) atoms. The number of nitrogens with one attached hydrogen (secondary N) is 1. The van der Waals surface area contributed by atoms with Crippen molar-refractivity contribution >= 4 is 65.9 Å². The van der Waals surface area contributed by atoms with Crippen molar-refractivity contribution in [3.05, 3.63) is 56.3 Å². The van der Waals surface area contributed by atoms with Gasteiger partial charge in [-0.2, -0.15) is 0 Å². The maximum absolute atomic E-state index is 13.0. The monoisotopic (exact) mass is 623 g/mol. The van der Waals surface area contributed by atoms with Crippen LogP contribution < -0.4 is 27.1 Å². The smallest absolute Gasteiger partial charge is 0.254 e. The van der Waals surface area contributed by atoms with Crippen LogP contribution in [0.2, 0.25) is 0 Å². The zero-order valence-corrected chi connectivity index (χ0v) is 25.3. The van der Waals surface area contributed by atoms with Gasteiger partial charge in [0.15, 0.2) is 11.1 Å². The van der Waals surface area contributed by atoms with Crippen LogP contribution in [0.3, 0.4) is 0 Å². The summed E-state index contributed by atoms with van der Waals surface area (Å²) < 4.78 is 8.99. The van der Waals surface area contributed by atoms with E-state index < -0.39 is 5.91 Å². The molecule has 1 aliphatic heterocycles. The van der Waals surface area contributed by atoms with Crippen molar-refractivity contribution < 1.29 is 15.3 Å². The summed E-state index contributed by atoms with van der Waals surface area (Å²) in [6.07, 6.45) is 6.35. The van der Waals surface area contributed by atoms with Crippen molar-refractivity contribution in [2.24, 2.45) is 5.73 Å². The predicted molar refractivity (Wildman–Crippen MR) is 167 cm³/mol. The number of amides is 1. The Kier molecular flexibility index (Phi) is 7.40. The first-order chi connectivity index (χ1) is 20.5. The third kappa shape index (κ3) is 5.07. The standard InChI is InChI=1S/C28H30N8O3S3/c29-17-3-1-2-4-18(17)32-28-33-19(23(26(30)38)27-34-31-14-36(27)28)9-15-10-21(40-12-15)16-13-41-25-20(37)11-22(42-24(16)25)35-5-7-39-8-6-35/h10-14,17-18H,1-9,29H2,(H2,30,38)(H,32,33)/p+1/t17-,18+/m1/s1. The topological polar surface area (TPSA) is 155 Å². The molecule has 1 saturated heterocycles. The minimum absolute atomic E-state index is 0.0534. The molecule has 6 heterocycles. The number of fused-ring (bicyclic) bond motifs is 2. The van der Waals surface area contributed by atoms with Gasteiger partial charge in [0.2, 0.25) is 5.95 Å². The quantitative estimate of drug-likeness (QED) is 0.250. The van der Waals surface area contributed by atoms with Gasteiger partial charge < -0.3 is 26.4 Å². The molecule has 5 aromatic heterocycles. The number of anilines is 2. The van der Waals surface area contributed by atoms with Gasteiger partial charge in [0, 0.05) is 47.8 Å². The highest BCUT2D eigenvalue weighted by molar-refractivity contribution is 7.29. The Balaban J connectivity index is 1.23. The molecule has 7 rings (SSSR count). The highest BCUT2D eigenvalue weighted by atomic mass is 32.1. The van der Waals surface area contributed by atoms with E-state index in [1.54, 1.807) is 39.5 Å². The van der Waals surface area contributed by atoms with Crippen LogP contribution in [0.4, 0.5) is 10.9 Å². The summed E-state index contributed by atoms with van der Waals surface area (Å²) in [4.78, 5) is 33.8. The van der Waals surface area contributed by atoms with E-state index in [1.165, 1.54) is 17.8 Å². The Bertz CT molecular complexity index is 1840. The van der Waals surface area contributed by atoms with Crippen LogP contribution in [0.5, 0.6) is 0 Å². The summed E-state index contributed by atoms with van der Waals surface area (Å²) in [5.74, 6) is 0.00435. The third-order valence-corrected chi connectivity index (χ3v) is 11.4. The van der Waals surface area contributed by atoms with E-state index in [4.69, 9.17) is 15.5 Å². The lowest BCUT2D eigenvalue weighted by molar-refractivity contribution is -0.427. The molecular weight excluding hydrogens is 593 g/mol. The van der Waals surface area contributed by atoms with Crippen LogP contribution in [0.25, 0.3) is 25.5 Å². The van der Waals surface area contributed by atoms with Crippen molar-refractivity contribution in [2.45, 2.75) is 44.2 Å². The molecule has 0 radical (unpaired) electrons. The molecule has 0 aromatic carbocycles. The van der Waals surface area contributed by atoms with E-state index in [1.807, 2.05) is 0 Å². The minimum atomic E-state index is -0.588. The van der Waals surface area contributed by atoms with Gasteiger partial charge in [-0.3, -0.25) is 14.0 Å². The van der Waals surface area contributed by atoms with Crippen molar-refractivity contribution in [2.75, 3.05) is 36.5 Å². The number of ether oxygens (including phenoxy) is 1. The number of thiophene rings is 2. The number of carbonyl (C=O) groups is 1. The van der Waals surface area contributed by atoms with E-state index in [-0.39, 0.29) is 23.1 Å². The lowest BCUT2D eigenvalue weighted by Crippen LogP contribution is -2.68. The van der Waals surface area contributed by atoms with Gasteiger partial charge in [-0.05, 0) is 29.9 Å². The second-order valence-corrected chi connectivity index (χ2v) is 13.6. The lowest BCUT2D eigenvalue weighted by Gasteiger charge is -2.28. The van der Waals surface area contributed by atoms with E-state index in [9.17, 15) is 9.59 Å². The van der Waals surface area contributed by atoms with Gasteiger partial charge in [-0.15, -0.1) is 44.2 Å². The fraction of sp³-hybridized carbons (Fsp3) is 0.393. The highest BCUT2D eigenvalue weighted by Gasteiger charge is 2.28. The second kappa shape index (κ2) is 11.3. The number of morpholine rings is 1. The van der Waals surface area contributed by atoms with Crippen molar-refractivity contribution in [3.8, 4) is 10.4 Å². The average molecular weight is 624 g/mol. The Morgan fingerprint density at radius 3 is 2.79 bits per heavy atom. The zero-order chi connectivity index (χ0) is 28.8. The van der Waals surface area contributed by atoms with Gasteiger partial charge in [0.1, 0.15) is 17.9 Å². The van der Waals surface area contributed by atoms with Crippen LogP contribution in [0.15, 0.2) is 34.0 Å². The molecule has 14 heteroatoms. The molecule has 2 fully saturated rings. The summed E-state index contributed by atoms with van der Waals surface area (Å²) >= 11 is 4.76. The number of primary amides is 1. The van der Waals surface area contributed by atoms with E-state index >= 15 is 0 Å². The van der Waals surface area contributed by atoms with Crippen LogP contribution in [0.1, 0.15) is 47.3 Å². The number of rotatable bonds is 7. The SMILES string of the molecule is NC(=O)c1c(Cc2csc(-c3csc4c(=O)cc(N5CCOCC5)sc34)c2)nc(N[C@H]2CCCC[C@H]2[NH3+])n2cnnc12. The molecule has 2 atom stereocenters. The summed E-state index contributed by atoms with van der Waals surface area (Å²) in [5, 5.41) is 17.0. The first-order valence-electron chi connectivity index (χ1n) is 14.0. The third-order valence-electron chi connectivity index (χ3n) is 8.04. The van der Waals surface area contributed by atoms with Gasteiger partial charge in [0.05, 0.1) is 39.4 Å². The Morgan fingerprint density at radius 1 is 1.14 bits per heavy atom. The van der Waals surface area contributed by atoms with Gasteiger partial charge >= 0.3 is 0 Å². The maximum atomic E-state index is 13.0. The first kappa shape index (κ1) is 27.4. The lowest BCUT2D eigenvalue weighted by atomic mass is 9.91. The number of nitrogens with two attached hydrogens (primary N) is 1. The van der Waals surface area contributed by atoms with Gasteiger partial charge in [0.25, 0.3) is 5.91 Å². The Hall–Kier alpha value is -3.43. The fourth-order valence-electron chi connectivity index (χ4n) is 5.82. The molecule has 11 nitrogen and oxygen atoms in total. The number of nitrogens with zero attached hydrogens (tertiary/aromatic N) is 5. The minimum Gasteiger partial charge on any atom is -0.378 e. The van der Waals surface area contributed by atoms with Crippen molar-refractivity contribution in [1.29, 1.82) is 0 Å². The van der Waals surface area contributed by atoms with Crippen LogP contribution in [-0.4, -0.2) is 63.9 Å². The number of carbonyl (C=O) groups excluding carboxylic acids is 1. The number of hydrogen-bond acceptors (Lipinski definition) is 11. The van der Waals surface area contributed by atoms with Crippen LogP contribution >= 0.6 is 34.0 Å². The zero-order valence-electron chi connectivity index (χ0n) is 22.9. The van der Waals surface area contributed by atoms with E-state index in [2.05, 4.69) is 43.0 Å². The van der Waals surface area contributed by atoms with Crippen molar-refractivity contribution in [1.82, 2.24) is 19.6 Å². The number of hydrogen-bond donors (Lipinski definition) is 3. The first-order valence-corrected chi connectivity index (χ1v) is 16.6. The molecule has 0 bridgehead atoms. The van der Waals surface area contributed by atoms with Crippen LogP contribution in [-0.2, 0) is 11.2 Å². The normalized spacial score (nSPS) is 19.5. The van der Waals surface area contributed by atoms with Gasteiger partial charge in [-0.1, -0.05) is 6.42 Å². The molecule has 2 aliphatic rings. The molecule has 0 unspecified atom stereocenters. The van der Waals surface area contributed by atoms with E-state index in [0.29, 0.717) is 36.9 Å². The summed E-state index contributed by atoms with van der Waals surface area (Å²) in [5.41, 5.74) is 13.5. The molecule has 1 amide bonds. The second-order valence-electron chi connectivity index (χ2n) is 10.8. The molecule has 5 aromatic rings. The number of aromatic nitrogens is 4. The largest absolute Gasteiger partial charge is 0.378 e. The average Bonchev–Trinajstić information content (AvgIpc) is 3.75. The molecular formula is C28H31N8O3S3+. The molecule has 218 valence electrons. The molecule has 1 aliphatic carbocycles. The molecule has 6 N–H and O–H groups in total. The van der Waals surface area contributed by atoms with Crippen molar-refractivity contribution in [3.63, 3.8) is 0 Å². The fourth-order valence-corrected chi connectivity index (χ4v) is 9.27. The molecule has 0 spiro atoms. The predicted octanol–water partition coefficient (Wildman–Crippen LogP) is 2.98. The van der Waals surface area contributed by atoms with Crippen LogP contribution in [0, 0.1) is 0 Å². The Morgan fingerprint density at radius 2 is 1.98 bits per heavy atom. The Labute approximate surface area is 253 Å². The van der Waals surface area contributed by atoms with E-state index in [0.717, 1.165) is 62.8 Å². The van der Waals surface area contributed by atoms with Gasteiger partial charge in [-0.25, -0.2) is 4.98 Å². The number of quaternary nitrogens is 1. The summed E-state index contributed by atoms with van der Waals surface area (Å²) in [6, 6.07) is 4.32. The molecule has 1 saturated carbocycles. The summed E-state index contributed by atoms with van der Waals surface area (Å²) in [6.45, 7) is 2.89.